The van der Waals surface area contributed by atoms with E-state index in [0.29, 0.717) is 12.0 Å². The molecule has 1 atom stereocenters. The number of anilines is 1. The minimum atomic E-state index is -0.608. The summed E-state index contributed by atoms with van der Waals surface area (Å²) in [6, 6.07) is 30.6. The number of benzene rings is 4. The predicted octanol–water partition coefficient (Wildman–Crippen LogP) is 5.66. The SMILES string of the molecule is Cc1ccc(C2=CC(c3ccccc3)=c3c(ccc4cc5c(nc34)=NN=C5)C23CNc2ccc(F)cc23)cc1. The largest absolute Gasteiger partial charge is 0.383 e. The van der Waals surface area contributed by atoms with Gasteiger partial charge in [-0.1, -0.05) is 72.3 Å². The maximum Gasteiger partial charge on any atom is 0.183 e. The van der Waals surface area contributed by atoms with Crippen molar-refractivity contribution in [2.24, 2.45) is 10.2 Å². The first-order valence-corrected chi connectivity index (χ1v) is 13.1. The van der Waals surface area contributed by atoms with Crippen LogP contribution in [0.5, 0.6) is 0 Å². The van der Waals surface area contributed by atoms with Crippen molar-refractivity contribution in [2.75, 3.05) is 11.9 Å². The van der Waals surface area contributed by atoms with E-state index in [0.717, 1.165) is 60.8 Å². The molecule has 0 bridgehead atoms. The minimum absolute atomic E-state index is 0.243. The zero-order valence-corrected chi connectivity index (χ0v) is 21.2. The fraction of sp³-hybridized carbons (Fsp3) is 0.0882. The molecule has 5 aromatic rings. The molecular formula is C34H23FN4. The molecule has 1 aromatic heterocycles. The molecule has 1 spiro atoms. The van der Waals surface area contributed by atoms with Gasteiger partial charge in [0.1, 0.15) is 5.82 Å². The number of allylic oxidation sites excluding steroid dienone is 1. The molecule has 4 aromatic carbocycles. The summed E-state index contributed by atoms with van der Waals surface area (Å²) >= 11 is 0. The lowest BCUT2D eigenvalue weighted by atomic mass is 9.64. The molecule has 1 unspecified atom stereocenters. The van der Waals surface area contributed by atoms with Gasteiger partial charge in [-0.2, -0.15) is 5.10 Å². The van der Waals surface area contributed by atoms with Crippen LogP contribution in [-0.2, 0) is 5.41 Å². The van der Waals surface area contributed by atoms with Gasteiger partial charge in [-0.25, -0.2) is 9.37 Å². The van der Waals surface area contributed by atoms with Gasteiger partial charge in [-0.3, -0.25) is 0 Å². The average Bonchev–Trinajstić information content (AvgIpc) is 3.58. The number of hydrogen-bond donors (Lipinski definition) is 1. The zero-order chi connectivity index (χ0) is 26.1. The molecule has 3 aliphatic rings. The van der Waals surface area contributed by atoms with Crippen LogP contribution in [0.1, 0.15) is 33.4 Å². The van der Waals surface area contributed by atoms with Crippen molar-refractivity contribution in [1.82, 2.24) is 4.98 Å². The number of aryl methyl sites for hydroxylation is 1. The van der Waals surface area contributed by atoms with Gasteiger partial charge >= 0.3 is 0 Å². The Morgan fingerprint density at radius 1 is 0.846 bits per heavy atom. The minimum Gasteiger partial charge on any atom is -0.383 e. The number of pyridine rings is 1. The van der Waals surface area contributed by atoms with Crippen molar-refractivity contribution in [2.45, 2.75) is 12.3 Å². The number of fused-ring (bicyclic) bond motifs is 7. The molecule has 5 heteroatoms. The fourth-order valence-electron chi connectivity index (χ4n) is 6.42. The lowest BCUT2D eigenvalue weighted by molar-refractivity contribution is 0.621. The van der Waals surface area contributed by atoms with Gasteiger partial charge < -0.3 is 5.32 Å². The smallest absolute Gasteiger partial charge is 0.183 e. The molecule has 0 saturated heterocycles. The molecule has 3 heterocycles. The molecular weight excluding hydrogens is 483 g/mol. The van der Waals surface area contributed by atoms with Crippen LogP contribution in [0.25, 0.3) is 22.0 Å². The van der Waals surface area contributed by atoms with Gasteiger partial charge in [0.15, 0.2) is 5.49 Å². The Morgan fingerprint density at radius 2 is 1.69 bits per heavy atom. The third-order valence-electron chi connectivity index (χ3n) is 8.26. The standard InChI is InChI=1S/C34H23FN4/c1-20-7-9-22(10-8-20)28-17-26(21-5-3-2-4-6-21)31-27(34(28)19-36-30-14-12-25(35)16-29(30)34)13-11-23-15-24-18-37-39-33(24)38-32(23)31/h2-18,36H,19H2,1H3. The van der Waals surface area contributed by atoms with Crippen molar-refractivity contribution in [3.63, 3.8) is 0 Å². The van der Waals surface area contributed by atoms with Crippen molar-refractivity contribution < 1.29 is 4.39 Å². The first-order chi connectivity index (χ1) is 19.1. The third-order valence-corrected chi connectivity index (χ3v) is 8.26. The highest BCUT2D eigenvalue weighted by molar-refractivity contribution is 6.00. The van der Waals surface area contributed by atoms with Crippen LogP contribution in [0.15, 0.2) is 107 Å². The van der Waals surface area contributed by atoms with Crippen molar-refractivity contribution in [1.29, 1.82) is 0 Å². The Morgan fingerprint density at radius 3 is 2.54 bits per heavy atom. The first-order valence-electron chi connectivity index (χ1n) is 13.1. The molecule has 8 rings (SSSR count). The topological polar surface area (TPSA) is 49.6 Å². The Balaban J connectivity index is 1.58. The summed E-state index contributed by atoms with van der Waals surface area (Å²) in [5, 5.41) is 14.1. The predicted molar refractivity (Wildman–Crippen MR) is 154 cm³/mol. The second-order valence-electron chi connectivity index (χ2n) is 10.5. The van der Waals surface area contributed by atoms with E-state index in [2.05, 4.69) is 95.2 Å². The number of hydrogen-bond acceptors (Lipinski definition) is 4. The van der Waals surface area contributed by atoms with Crippen molar-refractivity contribution in [3.05, 3.63) is 147 Å². The Hall–Kier alpha value is -4.90. The van der Waals surface area contributed by atoms with Crippen LogP contribution in [-0.4, -0.2) is 17.7 Å². The number of rotatable bonds is 2. The molecule has 0 amide bonds. The fourth-order valence-corrected chi connectivity index (χ4v) is 6.42. The lowest BCUT2D eigenvalue weighted by Gasteiger charge is -2.37. The quantitative estimate of drug-likeness (QED) is 0.336. The van der Waals surface area contributed by atoms with E-state index in [1.165, 1.54) is 11.6 Å². The van der Waals surface area contributed by atoms with E-state index in [1.807, 2.05) is 12.1 Å². The molecule has 1 aliphatic carbocycles. The average molecular weight is 507 g/mol. The van der Waals surface area contributed by atoms with Crippen LogP contribution in [0.3, 0.4) is 0 Å². The van der Waals surface area contributed by atoms with Gasteiger partial charge in [-0.05, 0) is 70.7 Å². The van der Waals surface area contributed by atoms with Crippen LogP contribution < -0.4 is 16.0 Å². The maximum atomic E-state index is 14.9. The van der Waals surface area contributed by atoms with Gasteiger partial charge in [0, 0.05) is 28.4 Å². The summed E-state index contributed by atoms with van der Waals surface area (Å²) in [5.41, 5.74) is 10.5. The normalized spacial score (nSPS) is 18.4. The molecule has 2 aliphatic heterocycles. The highest BCUT2D eigenvalue weighted by atomic mass is 19.1. The molecule has 0 saturated carbocycles. The summed E-state index contributed by atoms with van der Waals surface area (Å²) in [4.78, 5) is 5.05. The molecule has 186 valence electrons. The van der Waals surface area contributed by atoms with Gasteiger partial charge in [0.25, 0.3) is 0 Å². The van der Waals surface area contributed by atoms with E-state index in [4.69, 9.17) is 4.98 Å². The van der Waals surface area contributed by atoms with Gasteiger partial charge in [0.2, 0.25) is 0 Å². The van der Waals surface area contributed by atoms with E-state index >= 15 is 0 Å². The van der Waals surface area contributed by atoms with E-state index in [1.54, 1.807) is 12.3 Å². The molecule has 4 nitrogen and oxygen atoms in total. The molecule has 0 radical (unpaired) electrons. The monoisotopic (exact) mass is 506 g/mol. The van der Waals surface area contributed by atoms with Crippen LogP contribution in [0, 0.1) is 12.7 Å². The Bertz CT molecular complexity index is 2020. The number of halogens is 1. The summed E-state index contributed by atoms with van der Waals surface area (Å²) in [6.45, 7) is 2.71. The van der Waals surface area contributed by atoms with E-state index < -0.39 is 5.41 Å². The third kappa shape index (κ3) is 3.13. The Kier molecular flexibility index (Phi) is 4.56. The van der Waals surface area contributed by atoms with Gasteiger partial charge in [0.05, 0.1) is 17.1 Å². The highest BCUT2D eigenvalue weighted by Crippen LogP contribution is 2.52. The number of nitrogens with one attached hydrogen (secondary N) is 1. The van der Waals surface area contributed by atoms with Crippen LogP contribution in [0.4, 0.5) is 10.1 Å². The summed E-state index contributed by atoms with van der Waals surface area (Å²) in [6.07, 6.45) is 4.05. The van der Waals surface area contributed by atoms with Crippen LogP contribution >= 0.6 is 0 Å². The Labute approximate surface area is 224 Å². The van der Waals surface area contributed by atoms with E-state index in [-0.39, 0.29) is 5.82 Å². The number of aromatic nitrogens is 1. The molecule has 0 fully saturated rings. The van der Waals surface area contributed by atoms with Gasteiger partial charge in [-0.15, -0.1) is 5.10 Å². The molecule has 1 N–H and O–H groups in total. The maximum absolute atomic E-state index is 14.9. The summed E-state index contributed by atoms with van der Waals surface area (Å²) in [7, 11) is 0. The van der Waals surface area contributed by atoms with Crippen molar-refractivity contribution in [3.8, 4) is 0 Å². The first kappa shape index (κ1) is 22.1. The second kappa shape index (κ2) is 8.05. The highest BCUT2D eigenvalue weighted by Gasteiger charge is 2.47. The van der Waals surface area contributed by atoms with E-state index in [9.17, 15) is 4.39 Å². The summed E-state index contributed by atoms with van der Waals surface area (Å²) in [5.74, 6) is -0.243. The second-order valence-corrected chi connectivity index (χ2v) is 10.5. The number of nitrogens with zero attached hydrogens (tertiary/aromatic N) is 3. The molecule has 39 heavy (non-hydrogen) atoms. The zero-order valence-electron chi connectivity index (χ0n) is 21.2. The van der Waals surface area contributed by atoms with Crippen LogP contribution in [0.2, 0.25) is 0 Å². The van der Waals surface area contributed by atoms with Crippen molar-refractivity contribution >= 4 is 34.0 Å². The lowest BCUT2D eigenvalue weighted by Crippen LogP contribution is -2.40. The summed E-state index contributed by atoms with van der Waals surface area (Å²) < 4.78 is 14.9.